The average molecular weight is 292 g/mol. The van der Waals surface area contributed by atoms with Crippen LogP contribution < -0.4 is 15.6 Å². The van der Waals surface area contributed by atoms with Gasteiger partial charge in [-0.25, -0.2) is 0 Å². The van der Waals surface area contributed by atoms with E-state index in [0.717, 1.165) is 0 Å². The standard InChI is InChI=1S/C16H24N2O3/c1-11(2)15(20)18-17-14(19)10-21-13-8-6-12(7-9-13)16(3,4)5/h6-9,11H,10H2,1-5H3,(H,17,19)(H,18,20). The normalized spacial score (nSPS) is 11.1. The molecule has 2 N–H and O–H groups in total. The lowest BCUT2D eigenvalue weighted by Crippen LogP contribution is -2.45. The Morgan fingerprint density at radius 2 is 1.67 bits per heavy atom. The summed E-state index contributed by atoms with van der Waals surface area (Å²) in [7, 11) is 0. The van der Waals surface area contributed by atoms with Crippen LogP contribution in [0.5, 0.6) is 5.75 Å². The second kappa shape index (κ2) is 7.11. The molecule has 0 bridgehead atoms. The average Bonchev–Trinajstić information content (AvgIpc) is 2.41. The van der Waals surface area contributed by atoms with Crippen LogP contribution in [0.15, 0.2) is 24.3 Å². The molecule has 0 radical (unpaired) electrons. The summed E-state index contributed by atoms with van der Waals surface area (Å²) in [4.78, 5) is 22.8. The molecular formula is C16H24N2O3. The summed E-state index contributed by atoms with van der Waals surface area (Å²) in [6, 6.07) is 7.63. The minimum absolute atomic E-state index is 0.0804. The molecule has 0 aromatic heterocycles. The molecule has 0 unspecified atom stereocenters. The van der Waals surface area contributed by atoms with E-state index >= 15 is 0 Å². The predicted octanol–water partition coefficient (Wildman–Crippen LogP) is 2.17. The third-order valence-corrected chi connectivity index (χ3v) is 2.94. The van der Waals surface area contributed by atoms with Crippen LogP contribution in [0.25, 0.3) is 0 Å². The van der Waals surface area contributed by atoms with Gasteiger partial charge in [0.15, 0.2) is 6.61 Å². The van der Waals surface area contributed by atoms with Crippen LogP contribution in [0.1, 0.15) is 40.2 Å². The van der Waals surface area contributed by atoms with Crippen LogP contribution in [-0.2, 0) is 15.0 Å². The van der Waals surface area contributed by atoms with E-state index in [0.29, 0.717) is 5.75 Å². The largest absolute Gasteiger partial charge is 0.484 e. The van der Waals surface area contributed by atoms with Gasteiger partial charge in [-0.2, -0.15) is 0 Å². The molecule has 0 saturated carbocycles. The van der Waals surface area contributed by atoms with Gasteiger partial charge in [0.2, 0.25) is 5.91 Å². The molecule has 0 aliphatic carbocycles. The van der Waals surface area contributed by atoms with Crippen molar-refractivity contribution in [2.45, 2.75) is 40.0 Å². The monoisotopic (exact) mass is 292 g/mol. The molecule has 21 heavy (non-hydrogen) atoms. The number of rotatable bonds is 4. The maximum Gasteiger partial charge on any atom is 0.276 e. The molecule has 0 aliphatic heterocycles. The molecule has 0 fully saturated rings. The summed E-state index contributed by atoms with van der Waals surface area (Å²) in [6.07, 6.45) is 0. The molecule has 0 spiro atoms. The summed E-state index contributed by atoms with van der Waals surface area (Å²) in [5.41, 5.74) is 5.91. The number of hydrogen-bond acceptors (Lipinski definition) is 3. The summed E-state index contributed by atoms with van der Waals surface area (Å²) < 4.78 is 5.36. The lowest BCUT2D eigenvalue weighted by molar-refractivity contribution is -0.131. The summed E-state index contributed by atoms with van der Waals surface area (Å²) in [6.45, 7) is 9.74. The summed E-state index contributed by atoms with van der Waals surface area (Å²) in [5.74, 6) is -0.203. The minimum atomic E-state index is -0.399. The van der Waals surface area contributed by atoms with Gasteiger partial charge in [0, 0.05) is 5.92 Å². The van der Waals surface area contributed by atoms with Crippen LogP contribution in [0, 0.1) is 5.92 Å². The van der Waals surface area contributed by atoms with Gasteiger partial charge >= 0.3 is 0 Å². The molecule has 1 rings (SSSR count). The Bertz CT molecular complexity index is 487. The van der Waals surface area contributed by atoms with Crippen molar-refractivity contribution in [1.82, 2.24) is 10.9 Å². The van der Waals surface area contributed by atoms with Gasteiger partial charge in [0.25, 0.3) is 5.91 Å². The van der Waals surface area contributed by atoms with E-state index in [1.54, 1.807) is 13.8 Å². The molecule has 5 nitrogen and oxygen atoms in total. The Morgan fingerprint density at radius 1 is 1.10 bits per heavy atom. The highest BCUT2D eigenvalue weighted by Crippen LogP contribution is 2.24. The zero-order valence-corrected chi connectivity index (χ0v) is 13.3. The number of nitrogens with one attached hydrogen (secondary N) is 2. The van der Waals surface area contributed by atoms with E-state index in [2.05, 4.69) is 31.6 Å². The first-order valence-electron chi connectivity index (χ1n) is 7.02. The van der Waals surface area contributed by atoms with Crippen LogP contribution in [0.4, 0.5) is 0 Å². The molecule has 1 aromatic carbocycles. The zero-order chi connectivity index (χ0) is 16.0. The van der Waals surface area contributed by atoms with Gasteiger partial charge in [-0.1, -0.05) is 46.8 Å². The van der Waals surface area contributed by atoms with Crippen molar-refractivity contribution in [1.29, 1.82) is 0 Å². The van der Waals surface area contributed by atoms with Gasteiger partial charge in [0.05, 0.1) is 0 Å². The smallest absolute Gasteiger partial charge is 0.276 e. The molecule has 1 aromatic rings. The number of amides is 2. The Morgan fingerprint density at radius 3 is 2.14 bits per heavy atom. The van der Waals surface area contributed by atoms with E-state index in [1.807, 2.05) is 24.3 Å². The molecular weight excluding hydrogens is 268 g/mol. The molecule has 5 heteroatoms. The SMILES string of the molecule is CC(C)C(=O)NNC(=O)COc1ccc(C(C)(C)C)cc1. The van der Waals surface area contributed by atoms with Gasteiger partial charge < -0.3 is 4.74 Å². The molecule has 0 aliphatic rings. The Labute approximate surface area is 126 Å². The predicted molar refractivity (Wildman–Crippen MR) is 81.8 cm³/mol. The second-order valence-electron chi connectivity index (χ2n) is 6.26. The summed E-state index contributed by atoms with van der Waals surface area (Å²) >= 11 is 0. The number of carbonyl (C=O) groups is 2. The summed E-state index contributed by atoms with van der Waals surface area (Å²) in [5, 5.41) is 0. The fourth-order valence-electron chi connectivity index (χ4n) is 1.51. The molecule has 0 atom stereocenters. The molecule has 0 saturated heterocycles. The van der Waals surface area contributed by atoms with Crippen LogP contribution in [-0.4, -0.2) is 18.4 Å². The van der Waals surface area contributed by atoms with E-state index in [-0.39, 0.29) is 23.8 Å². The number of hydrazine groups is 1. The van der Waals surface area contributed by atoms with E-state index in [4.69, 9.17) is 4.74 Å². The fourth-order valence-corrected chi connectivity index (χ4v) is 1.51. The van der Waals surface area contributed by atoms with Gasteiger partial charge in [-0.15, -0.1) is 0 Å². The number of hydrogen-bond donors (Lipinski definition) is 2. The van der Waals surface area contributed by atoms with Crippen molar-refractivity contribution in [2.24, 2.45) is 5.92 Å². The van der Waals surface area contributed by atoms with Crippen molar-refractivity contribution >= 4 is 11.8 Å². The highest BCUT2D eigenvalue weighted by atomic mass is 16.5. The fraction of sp³-hybridized carbons (Fsp3) is 0.500. The Hall–Kier alpha value is -2.04. The lowest BCUT2D eigenvalue weighted by atomic mass is 9.87. The van der Waals surface area contributed by atoms with Crippen LogP contribution in [0.2, 0.25) is 0 Å². The number of carbonyl (C=O) groups excluding carboxylic acids is 2. The zero-order valence-electron chi connectivity index (χ0n) is 13.3. The first-order valence-corrected chi connectivity index (χ1v) is 7.02. The van der Waals surface area contributed by atoms with Crippen molar-refractivity contribution in [2.75, 3.05) is 6.61 Å². The van der Waals surface area contributed by atoms with Crippen LogP contribution in [0.3, 0.4) is 0 Å². The Balaban J connectivity index is 2.41. The number of ether oxygens (including phenoxy) is 1. The maximum absolute atomic E-state index is 11.5. The van der Waals surface area contributed by atoms with E-state index in [9.17, 15) is 9.59 Å². The molecule has 116 valence electrons. The van der Waals surface area contributed by atoms with Crippen molar-refractivity contribution in [3.05, 3.63) is 29.8 Å². The van der Waals surface area contributed by atoms with Crippen molar-refractivity contribution in [3.63, 3.8) is 0 Å². The maximum atomic E-state index is 11.5. The first-order chi connectivity index (χ1) is 9.70. The Kier molecular flexibility index (Phi) is 5.76. The first kappa shape index (κ1) is 17.0. The highest BCUT2D eigenvalue weighted by Gasteiger charge is 2.13. The lowest BCUT2D eigenvalue weighted by Gasteiger charge is -2.19. The van der Waals surface area contributed by atoms with Gasteiger partial charge in [0.1, 0.15) is 5.75 Å². The second-order valence-corrected chi connectivity index (χ2v) is 6.26. The van der Waals surface area contributed by atoms with Gasteiger partial charge in [-0.05, 0) is 23.1 Å². The van der Waals surface area contributed by atoms with Crippen molar-refractivity contribution in [3.8, 4) is 5.75 Å². The minimum Gasteiger partial charge on any atom is -0.484 e. The third-order valence-electron chi connectivity index (χ3n) is 2.94. The highest BCUT2D eigenvalue weighted by molar-refractivity contribution is 5.83. The third kappa shape index (κ3) is 5.85. The topological polar surface area (TPSA) is 67.4 Å². The van der Waals surface area contributed by atoms with E-state index < -0.39 is 5.91 Å². The van der Waals surface area contributed by atoms with Crippen LogP contribution >= 0.6 is 0 Å². The molecule has 2 amide bonds. The van der Waals surface area contributed by atoms with E-state index in [1.165, 1.54) is 5.56 Å². The van der Waals surface area contributed by atoms with Crippen molar-refractivity contribution < 1.29 is 14.3 Å². The van der Waals surface area contributed by atoms with Gasteiger partial charge in [-0.3, -0.25) is 20.4 Å². The molecule has 0 heterocycles. The number of benzene rings is 1. The quantitative estimate of drug-likeness (QED) is 0.836.